The Bertz CT molecular complexity index is 343. The van der Waals surface area contributed by atoms with E-state index in [1.165, 1.54) is 38.9 Å². The summed E-state index contributed by atoms with van der Waals surface area (Å²) in [6.45, 7) is 10.7. The third-order valence-electron chi connectivity index (χ3n) is 5.14. The predicted molar refractivity (Wildman–Crippen MR) is 80.9 cm³/mol. The lowest BCUT2D eigenvalue weighted by Crippen LogP contribution is -2.58. The lowest BCUT2D eigenvalue weighted by molar-refractivity contribution is -0.147. The van der Waals surface area contributed by atoms with E-state index in [1.54, 1.807) is 0 Å². The van der Waals surface area contributed by atoms with Gasteiger partial charge in [0.05, 0.1) is 5.41 Å². The van der Waals surface area contributed by atoms with Crippen molar-refractivity contribution in [3.63, 3.8) is 0 Å². The molecule has 2 unspecified atom stereocenters. The standard InChI is InChI=1S/C16H30N2O2/c1-13-11-18-9-5-4-7-14(18)12-17(13)10-6-8-16(2,3)15(19)20/h13-14H,4-12H2,1-3H3,(H,19,20). The number of rotatable bonds is 5. The molecule has 0 aromatic carbocycles. The summed E-state index contributed by atoms with van der Waals surface area (Å²) >= 11 is 0. The van der Waals surface area contributed by atoms with Gasteiger partial charge in [-0.3, -0.25) is 14.6 Å². The van der Waals surface area contributed by atoms with Gasteiger partial charge in [-0.05, 0) is 59.5 Å². The molecule has 20 heavy (non-hydrogen) atoms. The number of hydrogen-bond donors (Lipinski definition) is 1. The smallest absolute Gasteiger partial charge is 0.309 e. The van der Waals surface area contributed by atoms with Crippen molar-refractivity contribution in [1.29, 1.82) is 0 Å². The van der Waals surface area contributed by atoms with Gasteiger partial charge in [-0.15, -0.1) is 0 Å². The van der Waals surface area contributed by atoms with E-state index in [-0.39, 0.29) is 0 Å². The van der Waals surface area contributed by atoms with Gasteiger partial charge < -0.3 is 5.11 Å². The van der Waals surface area contributed by atoms with Crippen LogP contribution in [0.2, 0.25) is 0 Å². The predicted octanol–water partition coefficient (Wildman–Crippen LogP) is 2.44. The van der Waals surface area contributed by atoms with E-state index in [2.05, 4.69) is 16.7 Å². The van der Waals surface area contributed by atoms with E-state index in [0.29, 0.717) is 6.04 Å². The summed E-state index contributed by atoms with van der Waals surface area (Å²) in [5.41, 5.74) is -0.587. The highest BCUT2D eigenvalue weighted by molar-refractivity contribution is 5.73. The summed E-state index contributed by atoms with van der Waals surface area (Å²) in [5.74, 6) is -0.678. The van der Waals surface area contributed by atoms with Gasteiger partial charge in [-0.2, -0.15) is 0 Å². The molecule has 1 N–H and O–H groups in total. The summed E-state index contributed by atoms with van der Waals surface area (Å²) in [6, 6.07) is 1.35. The first-order chi connectivity index (χ1) is 9.40. The van der Waals surface area contributed by atoms with Crippen LogP contribution in [0.1, 0.15) is 52.9 Å². The van der Waals surface area contributed by atoms with Crippen LogP contribution in [-0.4, -0.2) is 59.1 Å². The topological polar surface area (TPSA) is 43.8 Å². The Kier molecular flexibility index (Phi) is 5.08. The molecule has 116 valence electrons. The lowest BCUT2D eigenvalue weighted by atomic mass is 9.87. The summed E-state index contributed by atoms with van der Waals surface area (Å²) in [5, 5.41) is 9.16. The molecule has 2 aliphatic rings. The van der Waals surface area contributed by atoms with Crippen molar-refractivity contribution >= 4 is 5.97 Å². The first-order valence-corrected chi connectivity index (χ1v) is 8.11. The maximum atomic E-state index is 11.1. The minimum Gasteiger partial charge on any atom is -0.481 e. The minimum atomic E-state index is -0.678. The molecule has 0 aromatic rings. The maximum Gasteiger partial charge on any atom is 0.309 e. The van der Waals surface area contributed by atoms with Crippen LogP contribution in [0.25, 0.3) is 0 Å². The van der Waals surface area contributed by atoms with E-state index in [0.717, 1.165) is 25.4 Å². The van der Waals surface area contributed by atoms with Crippen molar-refractivity contribution < 1.29 is 9.90 Å². The second-order valence-electron chi connectivity index (χ2n) is 7.28. The molecule has 2 rings (SSSR count). The number of aliphatic carboxylic acids is 1. The second-order valence-corrected chi connectivity index (χ2v) is 7.28. The SMILES string of the molecule is CC1CN2CCCCC2CN1CCCC(C)(C)C(=O)O. The van der Waals surface area contributed by atoms with Gasteiger partial charge in [0.25, 0.3) is 0 Å². The first-order valence-electron chi connectivity index (χ1n) is 8.11. The molecule has 2 aliphatic heterocycles. The highest BCUT2D eigenvalue weighted by Crippen LogP contribution is 2.26. The molecule has 0 saturated carbocycles. The zero-order valence-electron chi connectivity index (χ0n) is 13.3. The van der Waals surface area contributed by atoms with Crippen LogP contribution in [-0.2, 0) is 4.79 Å². The Balaban J connectivity index is 1.79. The van der Waals surface area contributed by atoms with Crippen LogP contribution >= 0.6 is 0 Å². The van der Waals surface area contributed by atoms with Gasteiger partial charge in [-0.1, -0.05) is 6.42 Å². The highest BCUT2D eigenvalue weighted by atomic mass is 16.4. The molecular formula is C16H30N2O2. The van der Waals surface area contributed by atoms with E-state index in [4.69, 9.17) is 5.11 Å². The van der Waals surface area contributed by atoms with Crippen LogP contribution in [0.15, 0.2) is 0 Å². The van der Waals surface area contributed by atoms with Crippen molar-refractivity contribution in [2.24, 2.45) is 5.41 Å². The largest absolute Gasteiger partial charge is 0.481 e. The lowest BCUT2D eigenvalue weighted by Gasteiger charge is -2.47. The second kappa shape index (κ2) is 6.44. The summed E-state index contributed by atoms with van der Waals surface area (Å²) in [4.78, 5) is 16.4. The van der Waals surface area contributed by atoms with Crippen LogP contribution in [0, 0.1) is 5.41 Å². The zero-order chi connectivity index (χ0) is 14.8. The molecule has 2 heterocycles. The maximum absolute atomic E-state index is 11.1. The van der Waals surface area contributed by atoms with Crippen molar-refractivity contribution in [1.82, 2.24) is 9.80 Å². The van der Waals surface area contributed by atoms with Crippen molar-refractivity contribution in [3.05, 3.63) is 0 Å². The Morgan fingerprint density at radius 3 is 2.75 bits per heavy atom. The Morgan fingerprint density at radius 2 is 2.05 bits per heavy atom. The number of hydrogen-bond acceptors (Lipinski definition) is 3. The molecule has 4 heteroatoms. The average molecular weight is 282 g/mol. The molecule has 2 saturated heterocycles. The molecule has 0 aliphatic carbocycles. The molecular weight excluding hydrogens is 252 g/mol. The van der Waals surface area contributed by atoms with Gasteiger partial charge in [0.2, 0.25) is 0 Å². The quantitative estimate of drug-likeness (QED) is 0.841. The van der Waals surface area contributed by atoms with Crippen molar-refractivity contribution in [2.45, 2.75) is 65.0 Å². The van der Waals surface area contributed by atoms with E-state index < -0.39 is 11.4 Å². The first kappa shape index (κ1) is 15.8. The molecule has 0 bridgehead atoms. The number of carboxylic acids is 1. The van der Waals surface area contributed by atoms with E-state index in [9.17, 15) is 4.79 Å². The molecule has 0 radical (unpaired) electrons. The van der Waals surface area contributed by atoms with Crippen LogP contribution in [0.3, 0.4) is 0 Å². The number of carboxylic acid groups (broad SMARTS) is 1. The van der Waals surface area contributed by atoms with Crippen molar-refractivity contribution in [3.8, 4) is 0 Å². The summed E-state index contributed by atoms with van der Waals surface area (Å²) < 4.78 is 0. The van der Waals surface area contributed by atoms with Crippen LogP contribution in [0.5, 0.6) is 0 Å². The Hall–Kier alpha value is -0.610. The fourth-order valence-electron chi connectivity index (χ4n) is 3.56. The van der Waals surface area contributed by atoms with E-state index in [1.807, 2.05) is 13.8 Å². The summed E-state index contributed by atoms with van der Waals surface area (Å²) in [6.07, 6.45) is 5.81. The zero-order valence-corrected chi connectivity index (χ0v) is 13.3. The molecule has 0 spiro atoms. The molecule has 4 nitrogen and oxygen atoms in total. The fourth-order valence-corrected chi connectivity index (χ4v) is 3.56. The average Bonchev–Trinajstić information content (AvgIpc) is 2.39. The number of nitrogens with zero attached hydrogens (tertiary/aromatic N) is 2. The molecule has 2 fully saturated rings. The van der Waals surface area contributed by atoms with E-state index >= 15 is 0 Å². The van der Waals surface area contributed by atoms with Gasteiger partial charge >= 0.3 is 5.97 Å². The molecule has 2 atom stereocenters. The summed E-state index contributed by atoms with van der Waals surface area (Å²) in [7, 11) is 0. The number of piperazine rings is 1. The molecule has 0 amide bonds. The number of fused-ring (bicyclic) bond motifs is 1. The van der Waals surface area contributed by atoms with Crippen LogP contribution in [0.4, 0.5) is 0 Å². The van der Waals surface area contributed by atoms with Gasteiger partial charge in [0.1, 0.15) is 0 Å². The normalized spacial score (nSPS) is 29.1. The minimum absolute atomic E-state index is 0.587. The monoisotopic (exact) mass is 282 g/mol. The number of carbonyl (C=O) groups is 1. The Labute approximate surface area is 123 Å². The highest BCUT2D eigenvalue weighted by Gasteiger charge is 2.33. The molecule has 0 aromatic heterocycles. The number of piperidine rings is 1. The third kappa shape index (κ3) is 3.73. The van der Waals surface area contributed by atoms with Gasteiger partial charge in [0, 0.05) is 25.2 Å². The third-order valence-corrected chi connectivity index (χ3v) is 5.14. The fraction of sp³-hybridized carbons (Fsp3) is 0.938. The van der Waals surface area contributed by atoms with Gasteiger partial charge in [0.15, 0.2) is 0 Å². The van der Waals surface area contributed by atoms with Crippen LogP contribution < -0.4 is 0 Å². The van der Waals surface area contributed by atoms with Gasteiger partial charge in [-0.25, -0.2) is 0 Å². The van der Waals surface area contributed by atoms with Crippen molar-refractivity contribution in [2.75, 3.05) is 26.2 Å². The Morgan fingerprint density at radius 1 is 1.30 bits per heavy atom.